The molecule has 0 aliphatic carbocycles. The molecule has 7 N–H and O–H groups in total. The van der Waals surface area contributed by atoms with E-state index in [4.69, 9.17) is 20.4 Å². The molecule has 0 aliphatic rings. The van der Waals surface area contributed by atoms with Gasteiger partial charge in [-0.2, -0.15) is 0 Å². The van der Waals surface area contributed by atoms with Crippen LogP contribution < -0.4 is 10.6 Å². The normalized spacial score (nSPS) is 11.8. The van der Waals surface area contributed by atoms with Gasteiger partial charge in [-0.05, 0) is 24.1 Å². The second-order valence-corrected chi connectivity index (χ2v) is 4.85. The highest BCUT2D eigenvalue weighted by molar-refractivity contribution is 5.38. The van der Waals surface area contributed by atoms with Gasteiger partial charge in [0.15, 0.2) is 12.6 Å². The van der Waals surface area contributed by atoms with Crippen molar-refractivity contribution in [3.05, 3.63) is 29.3 Å². The number of aryl methyl sites for hydroxylation is 1. The summed E-state index contributed by atoms with van der Waals surface area (Å²) < 4.78 is 0. The topological polar surface area (TPSA) is 125 Å². The lowest BCUT2D eigenvalue weighted by molar-refractivity contribution is -0.0463. The van der Waals surface area contributed by atoms with E-state index < -0.39 is 18.7 Å². The van der Waals surface area contributed by atoms with E-state index in [1.54, 1.807) is 12.1 Å². The lowest BCUT2D eigenvalue weighted by Gasteiger charge is -2.23. The van der Waals surface area contributed by atoms with E-state index in [1.807, 2.05) is 13.0 Å². The summed E-state index contributed by atoms with van der Waals surface area (Å²) in [5.41, 5.74) is 1.55. The molecule has 1 rings (SSSR count). The number of aromatic hydroxyl groups is 1. The average molecular weight is 300 g/mol. The third kappa shape index (κ3) is 6.38. The Labute approximate surface area is 123 Å². The van der Waals surface area contributed by atoms with Crippen molar-refractivity contribution < 1.29 is 25.5 Å². The number of phenolic OH excluding ortho intramolecular Hbond substituents is 1. The standard InChI is InChI=1S/C14H24N2O5/c1-2-3-9-4-5-11(17)10(6-9)14(15-7-12(18)19)16-8-13(20)21/h4-6,12-21H,2-3,7-8H2,1H3. The van der Waals surface area contributed by atoms with Crippen LogP contribution in [-0.4, -0.2) is 51.2 Å². The number of phenols is 1. The largest absolute Gasteiger partial charge is 0.508 e. The molecule has 7 nitrogen and oxygen atoms in total. The Balaban J connectivity index is 2.90. The number of rotatable bonds is 9. The summed E-state index contributed by atoms with van der Waals surface area (Å²) in [6.07, 6.45) is -1.92. The molecule has 0 aromatic heterocycles. The van der Waals surface area contributed by atoms with Crippen LogP contribution in [-0.2, 0) is 6.42 Å². The number of aliphatic hydroxyl groups excluding tert-OH is 2. The van der Waals surface area contributed by atoms with E-state index in [2.05, 4.69) is 10.6 Å². The highest BCUT2D eigenvalue weighted by atomic mass is 16.5. The fraction of sp³-hybridized carbons (Fsp3) is 0.571. The molecule has 1 aromatic rings. The molecule has 0 saturated heterocycles. The number of hydrogen-bond acceptors (Lipinski definition) is 7. The number of benzene rings is 1. The molecular formula is C14H24N2O5. The van der Waals surface area contributed by atoms with Gasteiger partial charge < -0.3 is 25.5 Å². The summed E-state index contributed by atoms with van der Waals surface area (Å²) in [6, 6.07) is 5.19. The second kappa shape index (κ2) is 8.93. The van der Waals surface area contributed by atoms with Gasteiger partial charge in [0.1, 0.15) is 5.75 Å². The third-order valence-corrected chi connectivity index (χ3v) is 2.95. The molecule has 0 fully saturated rings. The maximum absolute atomic E-state index is 9.97. The van der Waals surface area contributed by atoms with Gasteiger partial charge in [-0.15, -0.1) is 0 Å². The molecule has 0 saturated carbocycles. The van der Waals surface area contributed by atoms with Crippen molar-refractivity contribution in [1.82, 2.24) is 10.6 Å². The summed E-state index contributed by atoms with van der Waals surface area (Å²) in [5, 5.41) is 51.3. The van der Waals surface area contributed by atoms with Gasteiger partial charge in [0.05, 0.1) is 6.17 Å². The van der Waals surface area contributed by atoms with Gasteiger partial charge in [0.25, 0.3) is 0 Å². The van der Waals surface area contributed by atoms with Crippen molar-refractivity contribution in [3.8, 4) is 5.75 Å². The second-order valence-electron chi connectivity index (χ2n) is 4.85. The molecule has 0 amide bonds. The minimum Gasteiger partial charge on any atom is -0.508 e. The molecule has 7 heteroatoms. The van der Waals surface area contributed by atoms with Crippen LogP contribution in [0.4, 0.5) is 0 Å². The average Bonchev–Trinajstić information content (AvgIpc) is 2.41. The zero-order valence-electron chi connectivity index (χ0n) is 12.0. The fourth-order valence-corrected chi connectivity index (χ4v) is 2.02. The van der Waals surface area contributed by atoms with Gasteiger partial charge >= 0.3 is 0 Å². The highest BCUT2D eigenvalue weighted by Crippen LogP contribution is 2.24. The first-order valence-electron chi connectivity index (χ1n) is 6.94. The molecule has 21 heavy (non-hydrogen) atoms. The predicted octanol–water partition coefficient (Wildman–Crippen LogP) is -0.856. The van der Waals surface area contributed by atoms with Crippen LogP contribution in [0.1, 0.15) is 30.6 Å². The first-order valence-corrected chi connectivity index (χ1v) is 6.94. The first-order chi connectivity index (χ1) is 9.93. The summed E-state index contributed by atoms with van der Waals surface area (Å²) in [5.74, 6) is 0.0414. The molecule has 0 spiro atoms. The number of hydrogen-bond donors (Lipinski definition) is 7. The van der Waals surface area contributed by atoms with Crippen LogP contribution in [0.15, 0.2) is 18.2 Å². The number of nitrogens with one attached hydrogen (secondary N) is 2. The van der Waals surface area contributed by atoms with Crippen LogP contribution in [0.25, 0.3) is 0 Å². The summed E-state index contributed by atoms with van der Waals surface area (Å²) >= 11 is 0. The van der Waals surface area contributed by atoms with Crippen molar-refractivity contribution in [1.29, 1.82) is 0 Å². The van der Waals surface area contributed by atoms with Crippen molar-refractivity contribution in [2.75, 3.05) is 13.1 Å². The first kappa shape index (κ1) is 17.8. The lowest BCUT2D eigenvalue weighted by atomic mass is 10.0. The highest BCUT2D eigenvalue weighted by Gasteiger charge is 2.17. The Hall–Kier alpha value is -1.22. The van der Waals surface area contributed by atoms with E-state index in [1.165, 1.54) is 0 Å². The SMILES string of the molecule is CCCc1ccc(O)c(C(NCC(O)O)NCC(O)O)c1. The molecule has 0 unspecified atom stereocenters. The van der Waals surface area contributed by atoms with E-state index in [9.17, 15) is 5.11 Å². The van der Waals surface area contributed by atoms with Gasteiger partial charge in [-0.1, -0.05) is 19.4 Å². The van der Waals surface area contributed by atoms with Crippen molar-refractivity contribution in [2.24, 2.45) is 0 Å². The van der Waals surface area contributed by atoms with E-state index in [-0.39, 0.29) is 18.8 Å². The van der Waals surface area contributed by atoms with Crippen LogP contribution >= 0.6 is 0 Å². The van der Waals surface area contributed by atoms with Crippen LogP contribution in [0.5, 0.6) is 5.75 Å². The Morgan fingerprint density at radius 1 is 1.00 bits per heavy atom. The van der Waals surface area contributed by atoms with Crippen LogP contribution in [0.3, 0.4) is 0 Å². The maximum Gasteiger partial charge on any atom is 0.164 e. The lowest BCUT2D eigenvalue weighted by Crippen LogP contribution is -2.41. The van der Waals surface area contributed by atoms with Gasteiger partial charge in [0, 0.05) is 18.7 Å². The summed E-state index contributed by atoms with van der Waals surface area (Å²) in [6.45, 7) is 1.79. The third-order valence-electron chi connectivity index (χ3n) is 2.95. The minimum absolute atomic E-state index is 0.0414. The zero-order valence-corrected chi connectivity index (χ0v) is 12.0. The molecule has 0 radical (unpaired) electrons. The maximum atomic E-state index is 9.97. The van der Waals surface area contributed by atoms with Crippen LogP contribution in [0, 0.1) is 0 Å². The molecule has 0 bridgehead atoms. The Kier molecular flexibility index (Phi) is 7.58. The van der Waals surface area contributed by atoms with E-state index in [0.29, 0.717) is 5.56 Å². The Morgan fingerprint density at radius 2 is 1.57 bits per heavy atom. The zero-order chi connectivity index (χ0) is 15.8. The molecule has 0 atom stereocenters. The minimum atomic E-state index is -1.55. The summed E-state index contributed by atoms with van der Waals surface area (Å²) in [4.78, 5) is 0. The van der Waals surface area contributed by atoms with Gasteiger partial charge in [-0.3, -0.25) is 10.6 Å². The van der Waals surface area contributed by atoms with Crippen molar-refractivity contribution in [2.45, 2.75) is 38.5 Å². The summed E-state index contributed by atoms with van der Waals surface area (Å²) in [7, 11) is 0. The Morgan fingerprint density at radius 3 is 2.05 bits per heavy atom. The number of aliphatic hydroxyl groups is 4. The van der Waals surface area contributed by atoms with E-state index >= 15 is 0 Å². The van der Waals surface area contributed by atoms with Gasteiger partial charge in [-0.25, -0.2) is 0 Å². The monoisotopic (exact) mass is 300 g/mol. The van der Waals surface area contributed by atoms with Crippen LogP contribution in [0.2, 0.25) is 0 Å². The molecule has 1 aromatic carbocycles. The predicted molar refractivity (Wildman–Crippen MR) is 77.3 cm³/mol. The molecule has 0 aliphatic heterocycles. The molecule has 120 valence electrons. The fourth-order valence-electron chi connectivity index (χ4n) is 2.02. The van der Waals surface area contributed by atoms with Crippen molar-refractivity contribution >= 4 is 0 Å². The van der Waals surface area contributed by atoms with E-state index in [0.717, 1.165) is 18.4 Å². The quantitative estimate of drug-likeness (QED) is 0.296. The molecular weight excluding hydrogens is 276 g/mol. The smallest absolute Gasteiger partial charge is 0.164 e. The van der Waals surface area contributed by atoms with Crippen molar-refractivity contribution in [3.63, 3.8) is 0 Å². The molecule has 0 heterocycles. The Bertz CT molecular complexity index is 414. The van der Waals surface area contributed by atoms with Gasteiger partial charge in [0.2, 0.25) is 0 Å².